The van der Waals surface area contributed by atoms with E-state index < -0.39 is 0 Å². The third-order valence-corrected chi connectivity index (χ3v) is 2.81. The zero-order chi connectivity index (χ0) is 12.0. The van der Waals surface area contributed by atoms with Crippen LogP contribution >= 0.6 is 0 Å². The van der Waals surface area contributed by atoms with Crippen molar-refractivity contribution in [3.8, 4) is 0 Å². The molecule has 1 aliphatic rings. The molecular weight excluding hydrogens is 204 g/mol. The van der Waals surface area contributed by atoms with Gasteiger partial charge in [-0.1, -0.05) is 0 Å². The lowest BCUT2D eigenvalue weighted by molar-refractivity contribution is -0.130. The second-order valence-electron chi connectivity index (χ2n) is 4.60. The van der Waals surface area contributed by atoms with Crippen LogP contribution < -0.4 is 5.32 Å². The summed E-state index contributed by atoms with van der Waals surface area (Å²) in [5.41, 5.74) is 0. The summed E-state index contributed by atoms with van der Waals surface area (Å²) in [7, 11) is 0. The summed E-state index contributed by atoms with van der Waals surface area (Å²) in [6, 6.07) is 0. The number of amides is 1. The monoisotopic (exact) mass is 228 g/mol. The quantitative estimate of drug-likeness (QED) is 0.698. The Kier molecular flexibility index (Phi) is 5.77. The average molecular weight is 228 g/mol. The fourth-order valence-electron chi connectivity index (χ4n) is 2.02. The van der Waals surface area contributed by atoms with Crippen LogP contribution in [-0.4, -0.2) is 42.8 Å². The molecule has 1 atom stereocenters. The maximum absolute atomic E-state index is 11.3. The Hall–Kier alpha value is -0.610. The van der Waals surface area contributed by atoms with Gasteiger partial charge in [-0.15, -0.1) is 0 Å². The molecule has 0 aliphatic carbocycles. The Bertz CT molecular complexity index is 219. The third-order valence-electron chi connectivity index (χ3n) is 2.81. The Morgan fingerprint density at radius 3 is 2.94 bits per heavy atom. The lowest BCUT2D eigenvalue weighted by Gasteiger charge is -2.24. The molecule has 1 saturated heterocycles. The highest BCUT2D eigenvalue weighted by Gasteiger charge is 2.25. The Labute approximate surface area is 98.3 Å². The number of ether oxygens (including phenoxy) is 1. The summed E-state index contributed by atoms with van der Waals surface area (Å²) in [6.45, 7) is 8.33. The first-order valence-electron chi connectivity index (χ1n) is 6.23. The molecule has 1 heterocycles. The Balaban J connectivity index is 2.10. The van der Waals surface area contributed by atoms with Gasteiger partial charge in [0.15, 0.2) is 0 Å². The Morgan fingerprint density at radius 2 is 2.31 bits per heavy atom. The van der Waals surface area contributed by atoms with Gasteiger partial charge in [-0.3, -0.25) is 10.1 Å². The number of nitrogens with zero attached hydrogens (tertiary/aromatic N) is 1. The molecule has 0 radical (unpaired) electrons. The molecule has 0 aromatic carbocycles. The molecule has 1 aliphatic heterocycles. The molecule has 0 bridgehead atoms. The first-order chi connectivity index (χ1) is 7.61. The molecule has 0 aromatic heterocycles. The van der Waals surface area contributed by atoms with Crippen LogP contribution in [0, 0.1) is 0 Å². The molecule has 1 rings (SSSR count). The van der Waals surface area contributed by atoms with Gasteiger partial charge in [0, 0.05) is 20.1 Å². The van der Waals surface area contributed by atoms with E-state index in [2.05, 4.69) is 5.32 Å². The molecule has 1 fully saturated rings. The van der Waals surface area contributed by atoms with E-state index in [1.165, 1.54) is 0 Å². The Morgan fingerprint density at radius 1 is 1.56 bits per heavy atom. The highest BCUT2D eigenvalue weighted by Crippen LogP contribution is 2.14. The summed E-state index contributed by atoms with van der Waals surface area (Å²) < 4.78 is 5.46. The maximum atomic E-state index is 11.3. The summed E-state index contributed by atoms with van der Waals surface area (Å²) >= 11 is 0. The minimum atomic E-state index is 0.174. The van der Waals surface area contributed by atoms with Gasteiger partial charge in [-0.25, -0.2) is 0 Å². The number of likely N-dealkylation sites (tertiary alicyclic amines) is 1. The molecule has 1 amide bonds. The van der Waals surface area contributed by atoms with Crippen molar-refractivity contribution in [2.75, 3.05) is 19.7 Å². The maximum Gasteiger partial charge on any atom is 0.220 e. The van der Waals surface area contributed by atoms with E-state index in [1.54, 1.807) is 6.92 Å². The second kappa shape index (κ2) is 6.86. The van der Waals surface area contributed by atoms with Crippen LogP contribution in [0.2, 0.25) is 0 Å². The van der Waals surface area contributed by atoms with Crippen molar-refractivity contribution >= 4 is 5.91 Å². The van der Waals surface area contributed by atoms with Crippen LogP contribution in [0.1, 0.15) is 40.0 Å². The van der Waals surface area contributed by atoms with Gasteiger partial charge in [-0.05, 0) is 39.7 Å². The number of carbonyl (C=O) groups is 1. The van der Waals surface area contributed by atoms with E-state index in [-0.39, 0.29) is 12.1 Å². The molecule has 0 spiro atoms. The number of rotatable bonds is 6. The molecule has 4 heteroatoms. The predicted octanol–water partition coefficient (Wildman–Crippen LogP) is 1.36. The van der Waals surface area contributed by atoms with Crippen molar-refractivity contribution in [3.05, 3.63) is 0 Å². The highest BCUT2D eigenvalue weighted by molar-refractivity contribution is 5.73. The molecule has 0 saturated carbocycles. The fourth-order valence-corrected chi connectivity index (χ4v) is 2.02. The number of hydrogen-bond acceptors (Lipinski definition) is 3. The number of hydrogen-bond donors (Lipinski definition) is 1. The van der Waals surface area contributed by atoms with Crippen LogP contribution in [0.3, 0.4) is 0 Å². The van der Waals surface area contributed by atoms with Gasteiger partial charge in [0.25, 0.3) is 0 Å². The molecular formula is C12H24N2O2. The fraction of sp³-hybridized carbons (Fsp3) is 0.917. The molecule has 16 heavy (non-hydrogen) atoms. The van der Waals surface area contributed by atoms with E-state index in [1.807, 2.05) is 18.7 Å². The summed E-state index contributed by atoms with van der Waals surface area (Å²) in [5, 5.41) is 3.41. The summed E-state index contributed by atoms with van der Waals surface area (Å²) in [5.74, 6) is 0.174. The van der Waals surface area contributed by atoms with Gasteiger partial charge >= 0.3 is 0 Å². The van der Waals surface area contributed by atoms with E-state index in [0.717, 1.165) is 39.0 Å². The summed E-state index contributed by atoms with van der Waals surface area (Å²) in [4.78, 5) is 13.2. The first kappa shape index (κ1) is 13.5. The lowest BCUT2D eigenvalue weighted by Crippen LogP contribution is -2.44. The van der Waals surface area contributed by atoms with Gasteiger partial charge in [0.2, 0.25) is 5.91 Å². The molecule has 94 valence electrons. The zero-order valence-electron chi connectivity index (χ0n) is 10.7. The van der Waals surface area contributed by atoms with E-state index >= 15 is 0 Å². The highest BCUT2D eigenvalue weighted by atomic mass is 16.5. The number of nitrogens with one attached hydrogen (secondary N) is 1. The van der Waals surface area contributed by atoms with Crippen molar-refractivity contribution in [1.82, 2.24) is 10.2 Å². The third kappa shape index (κ3) is 4.49. The van der Waals surface area contributed by atoms with Gasteiger partial charge in [-0.2, -0.15) is 0 Å². The van der Waals surface area contributed by atoms with Crippen molar-refractivity contribution in [3.63, 3.8) is 0 Å². The number of carbonyl (C=O) groups excluding carboxylic acids is 1. The smallest absolute Gasteiger partial charge is 0.220 e. The van der Waals surface area contributed by atoms with Crippen LogP contribution in [0.4, 0.5) is 0 Å². The molecule has 1 N–H and O–H groups in total. The first-order valence-corrected chi connectivity index (χ1v) is 6.23. The standard InChI is InChI=1S/C12H24N2O2/c1-10(2)16-9-5-7-13-12-6-4-8-14(12)11(3)15/h10,12-13H,4-9H2,1-3H3. The average Bonchev–Trinajstić information content (AvgIpc) is 2.65. The van der Waals surface area contributed by atoms with Crippen molar-refractivity contribution in [2.24, 2.45) is 0 Å². The van der Waals surface area contributed by atoms with E-state index in [4.69, 9.17) is 4.74 Å². The molecule has 4 nitrogen and oxygen atoms in total. The van der Waals surface area contributed by atoms with Gasteiger partial charge in [0.1, 0.15) is 0 Å². The van der Waals surface area contributed by atoms with Gasteiger partial charge < -0.3 is 9.64 Å². The van der Waals surface area contributed by atoms with Crippen LogP contribution in [0.15, 0.2) is 0 Å². The largest absolute Gasteiger partial charge is 0.379 e. The zero-order valence-corrected chi connectivity index (χ0v) is 10.7. The second-order valence-corrected chi connectivity index (χ2v) is 4.60. The van der Waals surface area contributed by atoms with Crippen molar-refractivity contribution in [1.29, 1.82) is 0 Å². The molecule has 0 aromatic rings. The molecule has 1 unspecified atom stereocenters. The van der Waals surface area contributed by atoms with Crippen molar-refractivity contribution in [2.45, 2.75) is 52.3 Å². The van der Waals surface area contributed by atoms with Crippen LogP contribution in [0.25, 0.3) is 0 Å². The SMILES string of the molecule is CC(=O)N1CCCC1NCCCOC(C)C. The minimum absolute atomic E-state index is 0.174. The summed E-state index contributed by atoms with van der Waals surface area (Å²) in [6.07, 6.45) is 3.74. The minimum Gasteiger partial charge on any atom is -0.379 e. The van der Waals surface area contributed by atoms with E-state index in [9.17, 15) is 4.79 Å². The normalized spacial score (nSPS) is 20.8. The van der Waals surface area contributed by atoms with E-state index in [0.29, 0.717) is 6.10 Å². The topological polar surface area (TPSA) is 41.6 Å². The van der Waals surface area contributed by atoms with Crippen LogP contribution in [0.5, 0.6) is 0 Å². The van der Waals surface area contributed by atoms with Crippen molar-refractivity contribution < 1.29 is 9.53 Å². The predicted molar refractivity (Wildman–Crippen MR) is 64.1 cm³/mol. The van der Waals surface area contributed by atoms with Gasteiger partial charge in [0.05, 0.1) is 12.3 Å². The van der Waals surface area contributed by atoms with Crippen LogP contribution in [-0.2, 0) is 9.53 Å². The lowest BCUT2D eigenvalue weighted by atomic mass is 10.3.